The van der Waals surface area contributed by atoms with Gasteiger partial charge >= 0.3 is 0 Å². The Hall–Kier alpha value is -1.26. The molecule has 1 saturated carbocycles. The molecule has 1 aromatic rings. The van der Waals surface area contributed by atoms with Crippen molar-refractivity contribution in [2.75, 3.05) is 20.3 Å². The van der Waals surface area contributed by atoms with Crippen LogP contribution in [0.1, 0.15) is 26.2 Å². The maximum Gasteiger partial charge on any atom is 0.123 e. The highest BCUT2D eigenvalue weighted by molar-refractivity contribution is 5.33. The quantitative estimate of drug-likeness (QED) is 0.825. The zero-order valence-corrected chi connectivity index (χ0v) is 11.7. The summed E-state index contributed by atoms with van der Waals surface area (Å²) in [4.78, 5) is 0. The Morgan fingerprint density at radius 1 is 1.42 bits per heavy atom. The van der Waals surface area contributed by atoms with Crippen LogP contribution >= 0.6 is 0 Å². The first-order valence-electron chi connectivity index (χ1n) is 6.88. The third-order valence-corrected chi connectivity index (χ3v) is 3.76. The van der Waals surface area contributed by atoms with E-state index in [2.05, 4.69) is 12.2 Å². The molecule has 1 fully saturated rings. The second-order valence-corrected chi connectivity index (χ2v) is 5.13. The summed E-state index contributed by atoms with van der Waals surface area (Å²) >= 11 is 0. The summed E-state index contributed by atoms with van der Waals surface area (Å²) in [7, 11) is 1.65. The normalized spacial score (nSPS) is 26.4. The van der Waals surface area contributed by atoms with Crippen molar-refractivity contribution >= 4 is 0 Å². The van der Waals surface area contributed by atoms with E-state index < -0.39 is 0 Å². The van der Waals surface area contributed by atoms with Gasteiger partial charge in [-0.15, -0.1) is 0 Å². The molecule has 0 heterocycles. The maximum atomic E-state index is 9.58. The molecule has 4 heteroatoms. The molecule has 2 atom stereocenters. The largest absolute Gasteiger partial charge is 0.497 e. The van der Waals surface area contributed by atoms with Crippen LogP contribution in [0.2, 0.25) is 0 Å². The number of benzene rings is 1. The van der Waals surface area contributed by atoms with E-state index in [1.807, 2.05) is 24.3 Å². The van der Waals surface area contributed by atoms with Gasteiger partial charge in [-0.2, -0.15) is 0 Å². The molecule has 0 aromatic heterocycles. The number of aliphatic hydroxyl groups excluding tert-OH is 1. The summed E-state index contributed by atoms with van der Waals surface area (Å²) in [6, 6.07) is 7.66. The first-order chi connectivity index (χ1) is 9.21. The van der Waals surface area contributed by atoms with Gasteiger partial charge in [0.05, 0.1) is 13.7 Å². The van der Waals surface area contributed by atoms with Crippen LogP contribution in [0.15, 0.2) is 24.3 Å². The standard InChI is InChI=1S/C15H23NO3/c1-3-16-15(11-17)8-7-14(10-15)19-13-6-4-5-12(9-13)18-2/h4-6,9,14,16-17H,3,7-8,10-11H2,1-2H3. The zero-order chi connectivity index (χ0) is 13.7. The number of hydrogen-bond donors (Lipinski definition) is 2. The number of nitrogens with one attached hydrogen (secondary N) is 1. The molecule has 2 N–H and O–H groups in total. The maximum absolute atomic E-state index is 9.58. The third-order valence-electron chi connectivity index (χ3n) is 3.76. The lowest BCUT2D eigenvalue weighted by atomic mass is 9.99. The van der Waals surface area contributed by atoms with Gasteiger partial charge in [0.1, 0.15) is 17.6 Å². The van der Waals surface area contributed by atoms with Crippen LogP contribution in [0, 0.1) is 0 Å². The minimum atomic E-state index is -0.168. The average molecular weight is 265 g/mol. The van der Waals surface area contributed by atoms with Crippen LogP contribution in [-0.2, 0) is 0 Å². The van der Waals surface area contributed by atoms with Crippen LogP contribution in [-0.4, -0.2) is 37.0 Å². The molecule has 2 unspecified atom stereocenters. The van der Waals surface area contributed by atoms with Crippen molar-refractivity contribution in [3.05, 3.63) is 24.3 Å². The lowest BCUT2D eigenvalue weighted by molar-refractivity contribution is 0.142. The molecule has 0 aliphatic heterocycles. The molecule has 0 saturated heterocycles. The van der Waals surface area contributed by atoms with Crippen LogP contribution in [0.3, 0.4) is 0 Å². The Morgan fingerprint density at radius 2 is 2.21 bits per heavy atom. The zero-order valence-electron chi connectivity index (χ0n) is 11.7. The molecule has 106 valence electrons. The van der Waals surface area contributed by atoms with E-state index >= 15 is 0 Å². The molecule has 2 rings (SSSR count). The van der Waals surface area contributed by atoms with Gasteiger partial charge < -0.3 is 19.9 Å². The van der Waals surface area contributed by atoms with Gasteiger partial charge in [-0.25, -0.2) is 0 Å². The van der Waals surface area contributed by atoms with Crippen LogP contribution in [0.5, 0.6) is 11.5 Å². The van der Waals surface area contributed by atoms with E-state index in [1.165, 1.54) is 0 Å². The van der Waals surface area contributed by atoms with E-state index in [-0.39, 0.29) is 18.2 Å². The summed E-state index contributed by atoms with van der Waals surface area (Å²) in [5.41, 5.74) is -0.168. The highest BCUT2D eigenvalue weighted by Gasteiger charge is 2.39. The molecule has 1 aliphatic carbocycles. The highest BCUT2D eigenvalue weighted by Crippen LogP contribution is 2.33. The second kappa shape index (κ2) is 6.26. The van der Waals surface area contributed by atoms with Gasteiger partial charge in [-0.3, -0.25) is 0 Å². The summed E-state index contributed by atoms with van der Waals surface area (Å²) < 4.78 is 11.2. The summed E-state index contributed by atoms with van der Waals surface area (Å²) in [6.45, 7) is 3.10. The Labute approximate surface area is 114 Å². The van der Waals surface area contributed by atoms with Crippen molar-refractivity contribution in [1.82, 2.24) is 5.32 Å². The number of rotatable bonds is 6. The topological polar surface area (TPSA) is 50.7 Å². The Kier molecular flexibility index (Phi) is 4.66. The van der Waals surface area contributed by atoms with Gasteiger partial charge in [0.15, 0.2) is 0 Å². The van der Waals surface area contributed by atoms with Gasteiger partial charge in [-0.1, -0.05) is 13.0 Å². The molecule has 0 radical (unpaired) electrons. The van der Waals surface area contributed by atoms with Crippen molar-refractivity contribution in [2.45, 2.75) is 37.8 Å². The number of methoxy groups -OCH3 is 1. The van der Waals surface area contributed by atoms with Crippen molar-refractivity contribution in [3.63, 3.8) is 0 Å². The van der Waals surface area contributed by atoms with Crippen molar-refractivity contribution in [1.29, 1.82) is 0 Å². The SMILES string of the molecule is CCNC1(CO)CCC(Oc2cccc(OC)c2)C1. The monoisotopic (exact) mass is 265 g/mol. The lowest BCUT2D eigenvalue weighted by Gasteiger charge is -2.27. The molecule has 1 aliphatic rings. The van der Waals surface area contributed by atoms with E-state index in [0.29, 0.717) is 0 Å². The average Bonchev–Trinajstić information content (AvgIpc) is 2.83. The molecule has 0 spiro atoms. The Balaban J connectivity index is 1.97. The molecular weight excluding hydrogens is 242 g/mol. The summed E-state index contributed by atoms with van der Waals surface area (Å²) in [5, 5.41) is 13.0. The van der Waals surface area contributed by atoms with Crippen molar-refractivity contribution in [2.24, 2.45) is 0 Å². The van der Waals surface area contributed by atoms with Crippen LogP contribution in [0.25, 0.3) is 0 Å². The minimum Gasteiger partial charge on any atom is -0.497 e. The van der Waals surface area contributed by atoms with Gasteiger partial charge in [0, 0.05) is 18.0 Å². The number of aliphatic hydroxyl groups is 1. The van der Waals surface area contributed by atoms with Gasteiger partial charge in [0.25, 0.3) is 0 Å². The molecular formula is C15H23NO3. The van der Waals surface area contributed by atoms with E-state index in [0.717, 1.165) is 37.3 Å². The fraction of sp³-hybridized carbons (Fsp3) is 0.600. The lowest BCUT2D eigenvalue weighted by Crippen LogP contribution is -2.46. The summed E-state index contributed by atoms with van der Waals surface area (Å²) in [5.74, 6) is 1.63. The summed E-state index contributed by atoms with van der Waals surface area (Å²) in [6.07, 6.45) is 2.91. The molecule has 19 heavy (non-hydrogen) atoms. The predicted octanol–water partition coefficient (Wildman–Crippen LogP) is 1.97. The third kappa shape index (κ3) is 3.39. The van der Waals surface area contributed by atoms with Crippen LogP contribution in [0.4, 0.5) is 0 Å². The van der Waals surface area contributed by atoms with Crippen molar-refractivity contribution < 1.29 is 14.6 Å². The predicted molar refractivity (Wildman–Crippen MR) is 74.8 cm³/mol. The first kappa shape index (κ1) is 14.2. The van der Waals surface area contributed by atoms with Crippen molar-refractivity contribution in [3.8, 4) is 11.5 Å². The molecule has 4 nitrogen and oxygen atoms in total. The second-order valence-electron chi connectivity index (χ2n) is 5.13. The van der Waals surface area contributed by atoms with E-state index in [4.69, 9.17) is 9.47 Å². The number of likely N-dealkylation sites (N-methyl/N-ethyl adjacent to an activating group) is 1. The minimum absolute atomic E-state index is 0.151. The van der Waals surface area contributed by atoms with E-state index in [9.17, 15) is 5.11 Å². The Bertz CT molecular complexity index is 410. The molecule has 0 bridgehead atoms. The highest BCUT2D eigenvalue weighted by atomic mass is 16.5. The smallest absolute Gasteiger partial charge is 0.123 e. The van der Waals surface area contributed by atoms with Gasteiger partial charge in [0.2, 0.25) is 0 Å². The fourth-order valence-electron chi connectivity index (χ4n) is 2.78. The number of ether oxygens (including phenoxy) is 2. The van der Waals surface area contributed by atoms with Gasteiger partial charge in [-0.05, 0) is 31.5 Å². The van der Waals surface area contributed by atoms with Crippen LogP contribution < -0.4 is 14.8 Å². The number of hydrogen-bond acceptors (Lipinski definition) is 4. The molecule has 0 amide bonds. The fourth-order valence-corrected chi connectivity index (χ4v) is 2.78. The Morgan fingerprint density at radius 3 is 2.89 bits per heavy atom. The first-order valence-corrected chi connectivity index (χ1v) is 6.88. The van der Waals surface area contributed by atoms with E-state index in [1.54, 1.807) is 7.11 Å². The molecule has 1 aromatic carbocycles.